The minimum absolute atomic E-state index is 0.0175. The number of aliphatic hydroxyl groups is 3. The SMILES string of the molecule is CC(C)(C)OC(=O)N[C@@H](Cc1ccc(-c2c(CO)cnn(CCO)c2=O)cc1)C(=O)OCCO. The van der Waals surface area contributed by atoms with E-state index in [1.807, 2.05) is 0 Å². The standard InChI is InChI=1S/C23H31N3O8/c1-23(2,3)34-22(32)25-18(21(31)33-11-10-28)12-15-4-6-16(7-5-15)19-17(14-29)13-24-26(8-9-27)20(19)30/h4-7,13,18,27-29H,8-12,14H2,1-3H3,(H,25,32)/t18-/m0/s1. The molecule has 0 radical (unpaired) electrons. The second-order valence-electron chi connectivity index (χ2n) is 8.45. The van der Waals surface area contributed by atoms with E-state index >= 15 is 0 Å². The Balaban J connectivity index is 2.28. The van der Waals surface area contributed by atoms with Crippen molar-refractivity contribution in [2.24, 2.45) is 0 Å². The number of alkyl carbamates (subject to hydrolysis) is 1. The minimum Gasteiger partial charge on any atom is -0.462 e. The number of benzene rings is 1. The van der Waals surface area contributed by atoms with E-state index in [9.17, 15) is 19.5 Å². The zero-order valence-corrected chi connectivity index (χ0v) is 19.5. The highest BCUT2D eigenvalue weighted by atomic mass is 16.6. The third kappa shape index (κ3) is 7.65. The van der Waals surface area contributed by atoms with Gasteiger partial charge in [0.15, 0.2) is 0 Å². The summed E-state index contributed by atoms with van der Waals surface area (Å²) in [4.78, 5) is 37.4. The molecule has 0 aliphatic heterocycles. The van der Waals surface area contributed by atoms with E-state index in [4.69, 9.17) is 19.7 Å². The summed E-state index contributed by atoms with van der Waals surface area (Å²) in [6.07, 6.45) is 0.656. The number of aliphatic hydroxyl groups excluding tert-OH is 3. The molecule has 4 N–H and O–H groups in total. The van der Waals surface area contributed by atoms with E-state index in [1.54, 1.807) is 45.0 Å². The molecular weight excluding hydrogens is 446 g/mol. The highest BCUT2D eigenvalue weighted by molar-refractivity contribution is 5.82. The smallest absolute Gasteiger partial charge is 0.408 e. The average Bonchev–Trinajstić information content (AvgIpc) is 2.77. The van der Waals surface area contributed by atoms with Crippen molar-refractivity contribution in [3.63, 3.8) is 0 Å². The van der Waals surface area contributed by atoms with Gasteiger partial charge in [-0.25, -0.2) is 14.3 Å². The van der Waals surface area contributed by atoms with Gasteiger partial charge in [-0.2, -0.15) is 5.10 Å². The first-order valence-corrected chi connectivity index (χ1v) is 10.8. The van der Waals surface area contributed by atoms with E-state index in [0.717, 1.165) is 4.68 Å². The van der Waals surface area contributed by atoms with E-state index < -0.39 is 35.9 Å². The van der Waals surface area contributed by atoms with Gasteiger partial charge < -0.3 is 30.1 Å². The van der Waals surface area contributed by atoms with Crippen LogP contribution in [0, 0.1) is 0 Å². The van der Waals surface area contributed by atoms with Crippen molar-refractivity contribution in [1.82, 2.24) is 15.1 Å². The van der Waals surface area contributed by atoms with Crippen molar-refractivity contribution < 1.29 is 34.4 Å². The lowest BCUT2D eigenvalue weighted by atomic mass is 9.99. The number of amides is 1. The van der Waals surface area contributed by atoms with Crippen LogP contribution in [0.25, 0.3) is 11.1 Å². The maximum absolute atomic E-state index is 12.8. The fourth-order valence-electron chi connectivity index (χ4n) is 3.14. The van der Waals surface area contributed by atoms with Crippen molar-refractivity contribution in [2.75, 3.05) is 19.8 Å². The van der Waals surface area contributed by atoms with E-state index in [0.29, 0.717) is 16.7 Å². The van der Waals surface area contributed by atoms with Crippen LogP contribution in [0.1, 0.15) is 31.9 Å². The second-order valence-corrected chi connectivity index (χ2v) is 8.45. The summed E-state index contributed by atoms with van der Waals surface area (Å²) < 4.78 is 11.3. The Morgan fingerprint density at radius 2 is 1.79 bits per heavy atom. The van der Waals surface area contributed by atoms with Crippen LogP contribution in [-0.4, -0.2) is 68.6 Å². The van der Waals surface area contributed by atoms with Crippen molar-refractivity contribution in [3.8, 4) is 11.1 Å². The topological polar surface area (TPSA) is 160 Å². The fourth-order valence-corrected chi connectivity index (χ4v) is 3.14. The third-order valence-corrected chi connectivity index (χ3v) is 4.60. The minimum atomic E-state index is -1.07. The molecule has 1 aromatic carbocycles. The third-order valence-electron chi connectivity index (χ3n) is 4.60. The van der Waals surface area contributed by atoms with Crippen molar-refractivity contribution in [3.05, 3.63) is 51.9 Å². The Morgan fingerprint density at radius 3 is 2.35 bits per heavy atom. The number of aromatic nitrogens is 2. The van der Waals surface area contributed by atoms with Gasteiger partial charge in [0.1, 0.15) is 18.2 Å². The molecule has 0 fully saturated rings. The number of esters is 1. The summed E-state index contributed by atoms with van der Waals surface area (Å²) >= 11 is 0. The predicted molar refractivity (Wildman–Crippen MR) is 122 cm³/mol. The number of nitrogens with zero attached hydrogens (tertiary/aromatic N) is 2. The molecule has 0 spiro atoms. The lowest BCUT2D eigenvalue weighted by Gasteiger charge is -2.23. The fraction of sp³-hybridized carbons (Fsp3) is 0.478. The Morgan fingerprint density at radius 1 is 1.12 bits per heavy atom. The van der Waals surface area contributed by atoms with Gasteiger partial charge in [0.25, 0.3) is 5.56 Å². The molecule has 0 saturated heterocycles. The van der Waals surface area contributed by atoms with Gasteiger partial charge in [-0.05, 0) is 31.9 Å². The van der Waals surface area contributed by atoms with E-state index in [-0.39, 0.29) is 38.3 Å². The Bertz CT molecular complexity index is 1030. The highest BCUT2D eigenvalue weighted by Crippen LogP contribution is 2.21. The summed E-state index contributed by atoms with van der Waals surface area (Å²) in [7, 11) is 0. The van der Waals surface area contributed by atoms with Crippen LogP contribution in [0.5, 0.6) is 0 Å². The first-order valence-electron chi connectivity index (χ1n) is 10.8. The molecule has 0 unspecified atom stereocenters. The van der Waals surface area contributed by atoms with Crippen LogP contribution in [0.3, 0.4) is 0 Å². The maximum atomic E-state index is 12.8. The quantitative estimate of drug-likeness (QED) is 0.354. The molecule has 0 bridgehead atoms. The predicted octanol–water partition coefficient (Wildman–Crippen LogP) is 0.366. The molecule has 0 aliphatic carbocycles. The van der Waals surface area contributed by atoms with Crippen molar-refractivity contribution >= 4 is 12.1 Å². The molecule has 0 aliphatic rings. The second kappa shape index (κ2) is 12.3. The van der Waals surface area contributed by atoms with Gasteiger partial charge in [0, 0.05) is 12.0 Å². The zero-order valence-electron chi connectivity index (χ0n) is 19.5. The molecule has 1 amide bonds. The van der Waals surface area contributed by atoms with Crippen LogP contribution in [0.2, 0.25) is 0 Å². The molecule has 1 heterocycles. The molecule has 34 heavy (non-hydrogen) atoms. The first kappa shape index (κ1) is 27.0. The van der Waals surface area contributed by atoms with Crippen molar-refractivity contribution in [2.45, 2.75) is 52.0 Å². The zero-order chi connectivity index (χ0) is 25.3. The van der Waals surface area contributed by atoms with E-state index in [1.165, 1.54) is 6.20 Å². The van der Waals surface area contributed by atoms with E-state index in [2.05, 4.69) is 10.4 Å². The van der Waals surface area contributed by atoms with Gasteiger partial charge in [0.05, 0.1) is 38.1 Å². The molecular formula is C23H31N3O8. The average molecular weight is 478 g/mol. The largest absolute Gasteiger partial charge is 0.462 e. The molecule has 2 rings (SSSR count). The summed E-state index contributed by atoms with van der Waals surface area (Å²) in [5.41, 5.74) is 0.550. The Labute approximate surface area is 196 Å². The lowest BCUT2D eigenvalue weighted by Crippen LogP contribution is -2.45. The molecule has 186 valence electrons. The molecule has 11 nitrogen and oxygen atoms in total. The summed E-state index contributed by atoms with van der Waals surface area (Å²) in [6.45, 7) is 3.88. The maximum Gasteiger partial charge on any atom is 0.408 e. The van der Waals surface area contributed by atoms with Crippen molar-refractivity contribution in [1.29, 1.82) is 0 Å². The number of ether oxygens (including phenoxy) is 2. The molecule has 0 saturated carbocycles. The normalized spacial score (nSPS) is 12.2. The number of hydrogen-bond acceptors (Lipinski definition) is 9. The van der Waals surface area contributed by atoms with Gasteiger partial charge >= 0.3 is 12.1 Å². The van der Waals surface area contributed by atoms with Crippen LogP contribution >= 0.6 is 0 Å². The number of nitrogens with one attached hydrogen (secondary N) is 1. The number of carbonyl (C=O) groups is 2. The molecule has 11 heteroatoms. The van der Waals surface area contributed by atoms with Crippen LogP contribution in [-0.2, 0) is 33.8 Å². The van der Waals surface area contributed by atoms with Gasteiger partial charge in [0.2, 0.25) is 0 Å². The van der Waals surface area contributed by atoms with Gasteiger partial charge in [-0.1, -0.05) is 24.3 Å². The summed E-state index contributed by atoms with van der Waals surface area (Å²) in [5, 5.41) is 34.1. The number of rotatable bonds is 10. The summed E-state index contributed by atoms with van der Waals surface area (Å²) in [6, 6.07) is 5.59. The molecule has 1 aromatic heterocycles. The summed E-state index contributed by atoms with van der Waals surface area (Å²) in [5.74, 6) is -0.729. The van der Waals surface area contributed by atoms with Crippen LogP contribution in [0.15, 0.2) is 35.3 Å². The first-order chi connectivity index (χ1) is 16.1. The van der Waals surface area contributed by atoms with Gasteiger partial charge in [-0.15, -0.1) is 0 Å². The molecule has 1 atom stereocenters. The van der Waals surface area contributed by atoms with Crippen LogP contribution in [0.4, 0.5) is 4.79 Å². The number of carbonyl (C=O) groups excluding carboxylic acids is 2. The Hall–Kier alpha value is -3.28. The molecule has 2 aromatic rings. The Kier molecular flexibility index (Phi) is 9.72. The number of hydrogen-bond donors (Lipinski definition) is 4. The van der Waals surface area contributed by atoms with Gasteiger partial charge in [-0.3, -0.25) is 4.79 Å². The lowest BCUT2D eigenvalue weighted by molar-refractivity contribution is -0.147. The van der Waals surface area contributed by atoms with Crippen LogP contribution < -0.4 is 10.9 Å². The highest BCUT2D eigenvalue weighted by Gasteiger charge is 2.26. The monoisotopic (exact) mass is 477 g/mol.